The van der Waals surface area contributed by atoms with Gasteiger partial charge in [0.25, 0.3) is 0 Å². The predicted octanol–water partition coefficient (Wildman–Crippen LogP) is 3.35. The lowest BCUT2D eigenvalue weighted by Crippen LogP contribution is -2.05. The zero-order chi connectivity index (χ0) is 11.5. The van der Waals surface area contributed by atoms with Crippen molar-refractivity contribution in [2.45, 2.75) is 11.8 Å². The highest BCUT2D eigenvalue weighted by Gasteiger charge is 2.08. The van der Waals surface area contributed by atoms with E-state index in [-0.39, 0.29) is 0 Å². The fourth-order valence-electron chi connectivity index (χ4n) is 1.62. The summed E-state index contributed by atoms with van der Waals surface area (Å²) >= 11 is 9.20. The molecule has 1 aromatic carbocycles. The second kappa shape index (κ2) is 4.93. The molecule has 0 fully saturated rings. The molecule has 0 aliphatic carbocycles. The highest BCUT2D eigenvalue weighted by atomic mass is 79.9. The monoisotopic (exact) mass is 297 g/mol. The smallest absolute Gasteiger partial charge is 0.138 e. The minimum atomic E-state index is -0.490. The highest BCUT2D eigenvalue weighted by Crippen LogP contribution is 2.21. The van der Waals surface area contributed by atoms with Crippen LogP contribution < -0.4 is 0 Å². The molecule has 1 unspecified atom stereocenters. The fourth-order valence-corrected chi connectivity index (χ4v) is 2.14. The Morgan fingerprint density at radius 2 is 2.31 bits per heavy atom. The molecule has 0 saturated heterocycles. The van der Waals surface area contributed by atoms with Crippen molar-refractivity contribution >= 4 is 44.7 Å². The summed E-state index contributed by atoms with van der Waals surface area (Å²) < 4.78 is 0.940. The van der Waals surface area contributed by atoms with E-state index < -0.39 is 5.38 Å². The van der Waals surface area contributed by atoms with Crippen LogP contribution in [0.25, 0.3) is 10.9 Å². The number of nitrogens with zero attached hydrogens (tertiary/aromatic N) is 1. The molecule has 0 amide bonds. The molecular weight excluding hydrogens is 289 g/mol. The van der Waals surface area contributed by atoms with Gasteiger partial charge in [0, 0.05) is 16.1 Å². The van der Waals surface area contributed by atoms with E-state index in [1.54, 1.807) is 6.20 Å². The van der Waals surface area contributed by atoms with Gasteiger partial charge in [0.1, 0.15) is 6.29 Å². The molecular formula is C12H9BrClNO. The Balaban J connectivity index is 2.49. The Morgan fingerprint density at radius 1 is 1.50 bits per heavy atom. The van der Waals surface area contributed by atoms with Crippen LogP contribution in [0.2, 0.25) is 0 Å². The van der Waals surface area contributed by atoms with Gasteiger partial charge in [-0.2, -0.15) is 0 Å². The molecule has 2 nitrogen and oxygen atoms in total. The lowest BCUT2D eigenvalue weighted by Gasteiger charge is -2.06. The molecule has 0 spiro atoms. The van der Waals surface area contributed by atoms with Crippen molar-refractivity contribution in [2.24, 2.45) is 0 Å². The Morgan fingerprint density at radius 3 is 3.06 bits per heavy atom. The number of hydrogen-bond acceptors (Lipinski definition) is 2. The lowest BCUT2D eigenvalue weighted by atomic mass is 10.1. The quantitative estimate of drug-likeness (QED) is 0.642. The van der Waals surface area contributed by atoms with Gasteiger partial charge in [0.05, 0.1) is 10.9 Å². The minimum absolute atomic E-state index is 0.490. The van der Waals surface area contributed by atoms with Gasteiger partial charge in [-0.3, -0.25) is 4.98 Å². The Hall–Kier alpha value is -0.930. The van der Waals surface area contributed by atoms with Crippen LogP contribution in [0.1, 0.15) is 5.56 Å². The van der Waals surface area contributed by atoms with Gasteiger partial charge in [0.2, 0.25) is 0 Å². The van der Waals surface area contributed by atoms with Gasteiger partial charge in [-0.25, -0.2) is 0 Å². The summed E-state index contributed by atoms with van der Waals surface area (Å²) in [6.07, 6.45) is 3.01. The first-order valence-corrected chi connectivity index (χ1v) is 6.06. The summed E-state index contributed by atoms with van der Waals surface area (Å²) in [6, 6.07) is 7.87. The summed E-state index contributed by atoms with van der Waals surface area (Å²) in [5, 5.41) is 0.553. The van der Waals surface area contributed by atoms with Crippen LogP contribution in [0, 0.1) is 0 Å². The topological polar surface area (TPSA) is 30.0 Å². The van der Waals surface area contributed by atoms with Crippen molar-refractivity contribution in [3.63, 3.8) is 0 Å². The van der Waals surface area contributed by atoms with Gasteiger partial charge in [0.15, 0.2) is 0 Å². The van der Waals surface area contributed by atoms with Gasteiger partial charge in [-0.05, 0) is 34.0 Å². The second-order valence-corrected chi connectivity index (χ2v) is 4.97. The number of aldehydes is 1. The molecule has 0 N–H and O–H groups in total. The number of rotatable bonds is 3. The molecule has 0 aliphatic rings. The molecule has 2 rings (SSSR count). The molecule has 0 radical (unpaired) electrons. The number of para-hydroxylation sites is 1. The van der Waals surface area contributed by atoms with Crippen LogP contribution in [0.15, 0.2) is 34.9 Å². The third kappa shape index (κ3) is 2.42. The van der Waals surface area contributed by atoms with E-state index in [2.05, 4.69) is 20.9 Å². The molecule has 0 saturated carbocycles. The van der Waals surface area contributed by atoms with E-state index in [0.717, 1.165) is 27.2 Å². The Bertz CT molecular complexity index is 529. The summed E-state index contributed by atoms with van der Waals surface area (Å²) in [5.41, 5.74) is 1.90. The highest BCUT2D eigenvalue weighted by molar-refractivity contribution is 9.10. The first kappa shape index (κ1) is 11.6. The first-order chi connectivity index (χ1) is 7.70. The van der Waals surface area contributed by atoms with Gasteiger partial charge >= 0.3 is 0 Å². The van der Waals surface area contributed by atoms with Crippen LogP contribution in [0.5, 0.6) is 0 Å². The normalized spacial score (nSPS) is 12.6. The molecule has 16 heavy (non-hydrogen) atoms. The van der Waals surface area contributed by atoms with Crippen molar-refractivity contribution in [3.05, 3.63) is 40.5 Å². The van der Waals surface area contributed by atoms with Crippen LogP contribution in [-0.4, -0.2) is 16.6 Å². The van der Waals surface area contributed by atoms with Crippen LogP contribution in [-0.2, 0) is 11.2 Å². The molecule has 2 aromatic rings. The molecule has 1 heterocycles. The van der Waals surface area contributed by atoms with Gasteiger partial charge in [-0.15, -0.1) is 11.6 Å². The molecule has 82 valence electrons. The molecule has 1 aromatic heterocycles. The SMILES string of the molecule is O=CC(Cl)Cc1cccc2cc(Br)cnc12. The van der Waals surface area contributed by atoms with Crippen molar-refractivity contribution in [3.8, 4) is 0 Å². The number of alkyl halides is 1. The van der Waals surface area contributed by atoms with Crippen LogP contribution >= 0.6 is 27.5 Å². The number of fused-ring (bicyclic) bond motifs is 1. The second-order valence-electron chi connectivity index (χ2n) is 3.50. The minimum Gasteiger partial charge on any atom is -0.302 e. The first-order valence-electron chi connectivity index (χ1n) is 4.83. The lowest BCUT2D eigenvalue weighted by molar-refractivity contribution is -0.107. The number of aromatic nitrogens is 1. The number of hydrogen-bond donors (Lipinski definition) is 0. The van der Waals surface area contributed by atoms with E-state index in [1.165, 1.54) is 0 Å². The third-order valence-corrected chi connectivity index (χ3v) is 3.01. The number of benzene rings is 1. The van der Waals surface area contributed by atoms with E-state index in [4.69, 9.17) is 11.6 Å². The maximum atomic E-state index is 10.5. The van der Waals surface area contributed by atoms with Crippen LogP contribution in [0.3, 0.4) is 0 Å². The molecule has 1 atom stereocenters. The zero-order valence-corrected chi connectivity index (χ0v) is 10.7. The van der Waals surface area contributed by atoms with Crippen molar-refractivity contribution < 1.29 is 4.79 Å². The van der Waals surface area contributed by atoms with E-state index >= 15 is 0 Å². The standard InChI is InChI=1S/C12H9BrClNO/c13-10-4-8-2-1-3-9(5-11(14)7-16)12(8)15-6-10/h1-4,6-7,11H,5H2. The largest absolute Gasteiger partial charge is 0.302 e. The van der Waals surface area contributed by atoms with Gasteiger partial charge in [-0.1, -0.05) is 18.2 Å². The zero-order valence-electron chi connectivity index (χ0n) is 8.36. The predicted molar refractivity (Wildman–Crippen MR) is 68.9 cm³/mol. The third-order valence-electron chi connectivity index (χ3n) is 2.32. The van der Waals surface area contributed by atoms with E-state index in [1.807, 2.05) is 24.3 Å². The average Bonchev–Trinajstić information content (AvgIpc) is 2.28. The summed E-state index contributed by atoms with van der Waals surface area (Å²) in [6.45, 7) is 0. The fraction of sp³-hybridized carbons (Fsp3) is 0.167. The Kier molecular flexibility index (Phi) is 3.56. The molecule has 0 bridgehead atoms. The maximum Gasteiger partial charge on any atom is 0.138 e. The maximum absolute atomic E-state index is 10.5. The molecule has 4 heteroatoms. The Labute approximate surface area is 107 Å². The van der Waals surface area contributed by atoms with E-state index in [0.29, 0.717) is 6.42 Å². The van der Waals surface area contributed by atoms with Crippen LogP contribution in [0.4, 0.5) is 0 Å². The number of halogens is 2. The summed E-state index contributed by atoms with van der Waals surface area (Å²) in [7, 11) is 0. The van der Waals surface area contributed by atoms with Crippen molar-refractivity contribution in [1.82, 2.24) is 4.98 Å². The van der Waals surface area contributed by atoms with Crippen molar-refractivity contribution in [2.75, 3.05) is 0 Å². The van der Waals surface area contributed by atoms with Gasteiger partial charge < -0.3 is 4.79 Å². The van der Waals surface area contributed by atoms with E-state index in [9.17, 15) is 4.79 Å². The average molecular weight is 299 g/mol. The summed E-state index contributed by atoms with van der Waals surface area (Å²) in [4.78, 5) is 14.9. The number of carbonyl (C=O) groups excluding carboxylic acids is 1. The van der Waals surface area contributed by atoms with Crippen molar-refractivity contribution in [1.29, 1.82) is 0 Å². The summed E-state index contributed by atoms with van der Waals surface area (Å²) in [5.74, 6) is 0. The number of pyridine rings is 1. The number of carbonyl (C=O) groups is 1. The molecule has 0 aliphatic heterocycles.